The van der Waals surface area contributed by atoms with Gasteiger partial charge in [0.05, 0.1) is 11.1 Å². The van der Waals surface area contributed by atoms with Gasteiger partial charge in [-0.25, -0.2) is 4.98 Å². The Labute approximate surface area is 218 Å². The zero-order chi connectivity index (χ0) is 25.8. The Hall–Kier alpha value is -3.07. The fourth-order valence-electron chi connectivity index (χ4n) is 5.84. The van der Waals surface area contributed by atoms with Crippen LogP contribution in [-0.4, -0.2) is 47.0 Å². The molecule has 8 heteroatoms. The summed E-state index contributed by atoms with van der Waals surface area (Å²) < 4.78 is 0. The molecule has 1 aromatic heterocycles. The van der Waals surface area contributed by atoms with E-state index in [-0.39, 0.29) is 0 Å². The maximum absolute atomic E-state index is 12.4. The van der Waals surface area contributed by atoms with Crippen molar-refractivity contribution in [2.45, 2.75) is 81.3 Å². The molecule has 2 aliphatic heterocycles. The molecule has 1 unspecified atom stereocenters. The number of hydrogen-bond acceptors (Lipinski definition) is 7. The minimum absolute atomic E-state index is 0.361. The van der Waals surface area contributed by atoms with Crippen LogP contribution in [-0.2, 0) is 11.2 Å². The normalized spacial score (nSPS) is 21.6. The third-order valence-corrected chi connectivity index (χ3v) is 8.88. The van der Waals surface area contributed by atoms with Crippen molar-refractivity contribution in [1.29, 1.82) is 10.5 Å². The first-order valence-electron chi connectivity index (χ1n) is 12.8. The number of likely N-dealkylation sites (tertiary alicyclic amines) is 1. The molecule has 188 valence electrons. The zero-order valence-electron chi connectivity index (χ0n) is 21.3. The second-order valence-corrected chi connectivity index (χ2v) is 10.9. The van der Waals surface area contributed by atoms with Crippen LogP contribution in [0.2, 0.25) is 0 Å². The second-order valence-electron chi connectivity index (χ2n) is 9.80. The predicted octanol–water partition coefficient (Wildman–Crippen LogP) is 4.55. The summed E-state index contributed by atoms with van der Waals surface area (Å²) in [5.41, 5.74) is 8.05. The van der Waals surface area contributed by atoms with Crippen LogP contribution in [0.3, 0.4) is 0 Å². The van der Waals surface area contributed by atoms with Crippen LogP contribution in [0.15, 0.2) is 35.4 Å². The smallest absolute Gasteiger partial charge is 0.235 e. The number of carbonyl (C=O) groups is 1. The minimum atomic E-state index is -0.680. The average Bonchev–Trinajstić information content (AvgIpc) is 3.24. The number of aromatic nitrogens is 1. The van der Waals surface area contributed by atoms with Gasteiger partial charge in [-0.1, -0.05) is 49.0 Å². The van der Waals surface area contributed by atoms with Crippen molar-refractivity contribution in [3.63, 3.8) is 0 Å². The Morgan fingerprint density at radius 2 is 1.69 bits per heavy atom. The first-order valence-corrected chi connectivity index (χ1v) is 13.7. The standard InChI is InChI=1S/C28H34N6OS/c1-4-22-23(16-29)27(33-14-12-21(13-15-33)34-18(2)10-11-19(34)3)32-28(24(22)17-30)36-25(26(31)35)20-8-6-5-7-9-20/h5-9,18-19,21,25H,4,10-15H2,1-3H3,(H2,31,35)/t18-,19+,25?. The second kappa shape index (κ2) is 11.3. The van der Waals surface area contributed by atoms with Gasteiger partial charge in [0, 0.05) is 31.2 Å². The van der Waals surface area contributed by atoms with E-state index in [4.69, 9.17) is 10.7 Å². The van der Waals surface area contributed by atoms with Crippen LogP contribution < -0.4 is 10.6 Å². The maximum atomic E-state index is 12.4. The number of carbonyl (C=O) groups excluding carboxylic acids is 1. The summed E-state index contributed by atoms with van der Waals surface area (Å²) in [6.07, 6.45) is 5.05. The number of piperidine rings is 1. The summed E-state index contributed by atoms with van der Waals surface area (Å²) in [7, 11) is 0. The topological polar surface area (TPSA) is 110 Å². The monoisotopic (exact) mass is 502 g/mol. The molecule has 0 bridgehead atoms. The molecule has 0 aliphatic carbocycles. The quantitative estimate of drug-likeness (QED) is 0.553. The molecule has 2 aromatic rings. The largest absolute Gasteiger partial charge is 0.368 e. The molecule has 0 radical (unpaired) electrons. The lowest BCUT2D eigenvalue weighted by molar-refractivity contribution is -0.117. The zero-order valence-corrected chi connectivity index (χ0v) is 22.1. The molecule has 2 saturated heterocycles. The highest BCUT2D eigenvalue weighted by atomic mass is 32.2. The van der Waals surface area contributed by atoms with Gasteiger partial charge in [0.15, 0.2) is 0 Å². The number of pyridine rings is 1. The van der Waals surface area contributed by atoms with E-state index in [1.807, 2.05) is 37.3 Å². The molecule has 7 nitrogen and oxygen atoms in total. The summed E-state index contributed by atoms with van der Waals surface area (Å²) in [6.45, 7) is 8.20. The molecular formula is C28H34N6OS. The van der Waals surface area contributed by atoms with Gasteiger partial charge in [-0.3, -0.25) is 9.69 Å². The van der Waals surface area contributed by atoms with Gasteiger partial charge in [-0.15, -0.1) is 0 Å². The number of thioether (sulfide) groups is 1. The molecule has 2 N–H and O–H groups in total. The molecule has 36 heavy (non-hydrogen) atoms. The summed E-state index contributed by atoms with van der Waals surface area (Å²) in [5, 5.41) is 19.9. The lowest BCUT2D eigenvalue weighted by Gasteiger charge is -2.41. The highest BCUT2D eigenvalue weighted by Crippen LogP contribution is 2.40. The molecular weight excluding hydrogens is 468 g/mol. The summed E-state index contributed by atoms with van der Waals surface area (Å²) in [5.74, 6) is 0.128. The van der Waals surface area contributed by atoms with Crippen LogP contribution in [0, 0.1) is 22.7 Å². The molecule has 4 rings (SSSR count). The van der Waals surface area contributed by atoms with E-state index in [0.29, 0.717) is 52.1 Å². The van der Waals surface area contributed by atoms with E-state index in [1.165, 1.54) is 24.6 Å². The number of anilines is 1. The first-order chi connectivity index (χ1) is 17.4. The van der Waals surface area contributed by atoms with E-state index in [2.05, 4.69) is 35.8 Å². The SMILES string of the molecule is CCc1c(C#N)c(SC(C(N)=O)c2ccccc2)nc(N2CCC(N3[C@H](C)CC[C@@H]3C)CC2)c1C#N. The third kappa shape index (κ3) is 5.07. The number of rotatable bonds is 7. The highest BCUT2D eigenvalue weighted by Gasteiger charge is 2.36. The molecule has 1 amide bonds. The minimum Gasteiger partial charge on any atom is -0.368 e. The van der Waals surface area contributed by atoms with Crippen LogP contribution in [0.25, 0.3) is 0 Å². The van der Waals surface area contributed by atoms with Gasteiger partial charge >= 0.3 is 0 Å². The summed E-state index contributed by atoms with van der Waals surface area (Å²) in [4.78, 5) is 22.1. The van der Waals surface area contributed by atoms with E-state index in [9.17, 15) is 15.3 Å². The Bertz CT molecular complexity index is 1170. The van der Waals surface area contributed by atoms with E-state index in [1.54, 1.807) is 0 Å². The lowest BCUT2D eigenvalue weighted by atomic mass is 9.98. The van der Waals surface area contributed by atoms with Gasteiger partial charge in [-0.2, -0.15) is 10.5 Å². The van der Waals surface area contributed by atoms with E-state index in [0.717, 1.165) is 31.5 Å². The number of nitrogens with two attached hydrogens (primary N) is 1. The number of nitrogens with zero attached hydrogens (tertiary/aromatic N) is 5. The van der Waals surface area contributed by atoms with Crippen LogP contribution >= 0.6 is 11.8 Å². The Morgan fingerprint density at radius 1 is 1.08 bits per heavy atom. The fraction of sp³-hybridized carbons (Fsp3) is 0.500. The van der Waals surface area contributed by atoms with Crippen molar-refractivity contribution in [2.75, 3.05) is 18.0 Å². The van der Waals surface area contributed by atoms with Crippen molar-refractivity contribution >= 4 is 23.5 Å². The van der Waals surface area contributed by atoms with Crippen molar-refractivity contribution in [3.05, 3.63) is 52.6 Å². The van der Waals surface area contributed by atoms with Gasteiger partial charge in [0.2, 0.25) is 5.91 Å². The Kier molecular flexibility index (Phi) is 8.18. The lowest BCUT2D eigenvalue weighted by Crippen LogP contribution is -2.48. The average molecular weight is 503 g/mol. The molecule has 2 fully saturated rings. The van der Waals surface area contributed by atoms with Crippen molar-refractivity contribution in [1.82, 2.24) is 9.88 Å². The van der Waals surface area contributed by atoms with Crippen molar-refractivity contribution < 1.29 is 4.79 Å². The first kappa shape index (κ1) is 26.0. The number of hydrogen-bond donors (Lipinski definition) is 1. The van der Waals surface area contributed by atoms with Crippen LogP contribution in [0.4, 0.5) is 5.82 Å². The molecule has 3 heterocycles. The molecule has 1 aromatic carbocycles. The van der Waals surface area contributed by atoms with Crippen molar-refractivity contribution in [2.24, 2.45) is 5.73 Å². The predicted molar refractivity (Wildman–Crippen MR) is 143 cm³/mol. The van der Waals surface area contributed by atoms with Crippen LogP contribution in [0.5, 0.6) is 0 Å². The summed E-state index contributed by atoms with van der Waals surface area (Å²) in [6, 6.07) is 15.7. The molecule has 3 atom stereocenters. The van der Waals surface area contributed by atoms with E-state index < -0.39 is 11.2 Å². The Balaban J connectivity index is 1.67. The number of nitriles is 2. The van der Waals surface area contributed by atoms with Gasteiger partial charge in [-0.05, 0) is 57.1 Å². The highest BCUT2D eigenvalue weighted by molar-refractivity contribution is 8.00. The Morgan fingerprint density at radius 3 is 2.22 bits per heavy atom. The van der Waals surface area contributed by atoms with Crippen molar-refractivity contribution in [3.8, 4) is 12.1 Å². The molecule has 2 aliphatic rings. The van der Waals surface area contributed by atoms with Gasteiger partial charge < -0.3 is 10.6 Å². The third-order valence-electron chi connectivity index (χ3n) is 7.62. The molecule has 0 spiro atoms. The summed E-state index contributed by atoms with van der Waals surface area (Å²) >= 11 is 1.20. The van der Waals surface area contributed by atoms with Crippen LogP contribution in [0.1, 0.15) is 74.0 Å². The number of primary amides is 1. The van der Waals surface area contributed by atoms with Gasteiger partial charge in [0.1, 0.15) is 28.2 Å². The van der Waals surface area contributed by atoms with E-state index >= 15 is 0 Å². The number of amides is 1. The number of benzene rings is 1. The molecule has 0 saturated carbocycles. The maximum Gasteiger partial charge on any atom is 0.235 e. The fourth-order valence-corrected chi connectivity index (χ4v) is 6.90. The van der Waals surface area contributed by atoms with Gasteiger partial charge in [0.25, 0.3) is 0 Å².